The van der Waals surface area contributed by atoms with Crippen LogP contribution >= 0.6 is 23.2 Å². The van der Waals surface area contributed by atoms with Crippen LogP contribution in [0.2, 0.25) is 10.0 Å². The molecule has 0 amide bonds. The Hall–Kier alpha value is -0.660. The van der Waals surface area contributed by atoms with Gasteiger partial charge in [0.15, 0.2) is 0 Å². The first-order chi connectivity index (χ1) is 6.54. The molecule has 0 aliphatic rings. The largest absolute Gasteiger partial charge is 0.506 e. The van der Waals surface area contributed by atoms with E-state index in [1.165, 1.54) is 11.6 Å². The molecule has 0 fully saturated rings. The third-order valence-electron chi connectivity index (χ3n) is 2.02. The molecular formula is C11H12Cl2O. The topological polar surface area (TPSA) is 20.2 Å². The molecule has 1 N–H and O–H groups in total. The number of phenolic OH excluding ortho intramolecular Hbond substituents is 1. The van der Waals surface area contributed by atoms with Crippen molar-refractivity contribution in [1.82, 2.24) is 0 Å². The molecule has 1 aromatic rings. The maximum atomic E-state index is 9.63. The molecule has 3 heteroatoms. The SMILES string of the molecule is CC/C(C)=C\c1cc(Cl)cc(Cl)c1O. The molecule has 76 valence electrons. The third-order valence-corrected chi connectivity index (χ3v) is 2.52. The highest BCUT2D eigenvalue weighted by Crippen LogP contribution is 2.32. The van der Waals surface area contributed by atoms with Gasteiger partial charge in [-0.1, -0.05) is 41.8 Å². The molecule has 14 heavy (non-hydrogen) atoms. The van der Waals surface area contributed by atoms with E-state index in [4.69, 9.17) is 23.2 Å². The summed E-state index contributed by atoms with van der Waals surface area (Å²) in [6, 6.07) is 3.22. The van der Waals surface area contributed by atoms with Crippen molar-refractivity contribution in [3.05, 3.63) is 33.3 Å². The number of rotatable bonds is 2. The second kappa shape index (κ2) is 4.72. The van der Waals surface area contributed by atoms with Crippen LogP contribution in [0, 0.1) is 0 Å². The Morgan fingerprint density at radius 3 is 2.64 bits per heavy atom. The number of hydrogen-bond donors (Lipinski definition) is 1. The van der Waals surface area contributed by atoms with Crippen molar-refractivity contribution in [3.8, 4) is 5.75 Å². The maximum absolute atomic E-state index is 9.63. The highest BCUT2D eigenvalue weighted by atomic mass is 35.5. The van der Waals surface area contributed by atoms with Gasteiger partial charge in [-0.25, -0.2) is 0 Å². The number of aromatic hydroxyl groups is 1. The van der Waals surface area contributed by atoms with E-state index in [1.54, 1.807) is 6.07 Å². The standard InChI is InChI=1S/C11H12Cl2O/c1-3-7(2)4-8-5-9(12)6-10(13)11(8)14/h4-6,14H,3H2,1-2H3/b7-4-. The molecule has 0 aromatic heterocycles. The van der Waals surface area contributed by atoms with E-state index >= 15 is 0 Å². The molecule has 0 heterocycles. The van der Waals surface area contributed by atoms with Gasteiger partial charge in [0, 0.05) is 10.6 Å². The van der Waals surface area contributed by atoms with Crippen LogP contribution in [-0.4, -0.2) is 5.11 Å². The van der Waals surface area contributed by atoms with Crippen molar-refractivity contribution in [1.29, 1.82) is 0 Å². The van der Waals surface area contributed by atoms with Gasteiger partial charge in [-0.2, -0.15) is 0 Å². The van der Waals surface area contributed by atoms with Crippen LogP contribution in [0.5, 0.6) is 5.75 Å². The molecule has 1 nitrogen and oxygen atoms in total. The van der Waals surface area contributed by atoms with Gasteiger partial charge in [0.2, 0.25) is 0 Å². The molecule has 1 rings (SSSR count). The minimum absolute atomic E-state index is 0.0869. The Kier molecular flexibility index (Phi) is 3.85. The fourth-order valence-electron chi connectivity index (χ4n) is 1.06. The molecule has 0 saturated heterocycles. The van der Waals surface area contributed by atoms with Crippen molar-refractivity contribution < 1.29 is 5.11 Å². The normalized spacial score (nSPS) is 11.9. The maximum Gasteiger partial charge on any atom is 0.141 e. The van der Waals surface area contributed by atoms with E-state index in [0.29, 0.717) is 10.6 Å². The molecule has 0 spiro atoms. The zero-order valence-electron chi connectivity index (χ0n) is 8.14. The van der Waals surface area contributed by atoms with Crippen molar-refractivity contribution >= 4 is 29.3 Å². The molecule has 0 aliphatic carbocycles. The minimum Gasteiger partial charge on any atom is -0.506 e. The molecule has 0 atom stereocenters. The monoisotopic (exact) mass is 230 g/mol. The van der Waals surface area contributed by atoms with E-state index in [-0.39, 0.29) is 10.8 Å². The number of phenols is 1. The molecule has 0 saturated carbocycles. The second-order valence-corrected chi connectivity index (χ2v) is 4.01. The second-order valence-electron chi connectivity index (χ2n) is 3.17. The lowest BCUT2D eigenvalue weighted by molar-refractivity contribution is 0.474. The summed E-state index contributed by atoms with van der Waals surface area (Å²) in [6.07, 6.45) is 2.82. The van der Waals surface area contributed by atoms with Gasteiger partial charge in [-0.3, -0.25) is 0 Å². The van der Waals surface area contributed by atoms with Crippen LogP contribution in [0.3, 0.4) is 0 Å². The predicted octanol–water partition coefficient (Wildman–Crippen LogP) is 4.51. The number of benzene rings is 1. The first kappa shape index (κ1) is 11.4. The molecule has 0 bridgehead atoms. The zero-order chi connectivity index (χ0) is 10.7. The lowest BCUT2D eigenvalue weighted by Crippen LogP contribution is -1.79. The van der Waals surface area contributed by atoms with E-state index < -0.39 is 0 Å². The zero-order valence-corrected chi connectivity index (χ0v) is 9.65. The number of allylic oxidation sites excluding steroid dienone is 1. The Balaban J connectivity index is 3.21. The summed E-state index contributed by atoms with van der Waals surface area (Å²) in [5, 5.41) is 10.4. The molecule has 1 aromatic carbocycles. The summed E-state index contributed by atoms with van der Waals surface area (Å²) in [7, 11) is 0. The van der Waals surface area contributed by atoms with Crippen LogP contribution in [0.4, 0.5) is 0 Å². The summed E-state index contributed by atoms with van der Waals surface area (Å²) in [6.45, 7) is 4.04. The fourth-order valence-corrected chi connectivity index (χ4v) is 1.57. The molecule has 0 unspecified atom stereocenters. The Morgan fingerprint density at radius 1 is 1.43 bits per heavy atom. The number of halogens is 2. The summed E-state index contributed by atoms with van der Waals surface area (Å²) in [5.41, 5.74) is 1.83. The first-order valence-corrected chi connectivity index (χ1v) is 5.15. The number of hydrogen-bond acceptors (Lipinski definition) is 1. The van der Waals surface area contributed by atoms with E-state index in [9.17, 15) is 5.11 Å². The van der Waals surface area contributed by atoms with Crippen molar-refractivity contribution in [2.24, 2.45) is 0 Å². The summed E-state index contributed by atoms with van der Waals surface area (Å²) in [5.74, 6) is 0.0869. The van der Waals surface area contributed by atoms with Crippen molar-refractivity contribution in [3.63, 3.8) is 0 Å². The van der Waals surface area contributed by atoms with E-state index in [0.717, 1.165) is 6.42 Å². The van der Waals surface area contributed by atoms with Gasteiger partial charge in [-0.15, -0.1) is 0 Å². The van der Waals surface area contributed by atoms with Gasteiger partial charge in [0.1, 0.15) is 5.75 Å². The van der Waals surface area contributed by atoms with Gasteiger partial charge >= 0.3 is 0 Å². The summed E-state index contributed by atoms with van der Waals surface area (Å²) in [4.78, 5) is 0. The van der Waals surface area contributed by atoms with Crippen LogP contribution in [0.15, 0.2) is 17.7 Å². The van der Waals surface area contributed by atoms with Gasteiger partial charge in [-0.05, 0) is 25.5 Å². The van der Waals surface area contributed by atoms with Crippen molar-refractivity contribution in [2.75, 3.05) is 0 Å². The van der Waals surface area contributed by atoms with Crippen molar-refractivity contribution in [2.45, 2.75) is 20.3 Å². The van der Waals surface area contributed by atoms with Gasteiger partial charge in [0.05, 0.1) is 5.02 Å². The fraction of sp³-hybridized carbons (Fsp3) is 0.273. The summed E-state index contributed by atoms with van der Waals surface area (Å²) >= 11 is 11.6. The first-order valence-electron chi connectivity index (χ1n) is 4.39. The van der Waals surface area contributed by atoms with Crippen LogP contribution < -0.4 is 0 Å². The Morgan fingerprint density at radius 2 is 2.07 bits per heavy atom. The third kappa shape index (κ3) is 2.66. The molecule has 0 radical (unpaired) electrons. The van der Waals surface area contributed by atoms with Crippen LogP contribution in [-0.2, 0) is 0 Å². The van der Waals surface area contributed by atoms with Gasteiger partial charge < -0.3 is 5.11 Å². The van der Waals surface area contributed by atoms with E-state index in [2.05, 4.69) is 6.92 Å². The smallest absolute Gasteiger partial charge is 0.141 e. The average molecular weight is 231 g/mol. The average Bonchev–Trinajstić information content (AvgIpc) is 2.13. The lowest BCUT2D eigenvalue weighted by atomic mass is 10.1. The highest BCUT2D eigenvalue weighted by molar-refractivity contribution is 6.35. The van der Waals surface area contributed by atoms with Gasteiger partial charge in [0.25, 0.3) is 0 Å². The summed E-state index contributed by atoms with van der Waals surface area (Å²) < 4.78 is 0. The minimum atomic E-state index is 0.0869. The molecular weight excluding hydrogens is 219 g/mol. The highest BCUT2D eigenvalue weighted by Gasteiger charge is 2.05. The Labute approximate surface area is 94.0 Å². The quantitative estimate of drug-likeness (QED) is 0.793. The molecule has 0 aliphatic heterocycles. The predicted molar refractivity (Wildman–Crippen MR) is 62.1 cm³/mol. The van der Waals surface area contributed by atoms with E-state index in [1.807, 2.05) is 13.0 Å². The lowest BCUT2D eigenvalue weighted by Gasteiger charge is -2.04. The Bertz CT molecular complexity index is 370. The van der Waals surface area contributed by atoms with Crippen LogP contribution in [0.25, 0.3) is 6.08 Å². The van der Waals surface area contributed by atoms with Crippen LogP contribution in [0.1, 0.15) is 25.8 Å².